The molecule has 1 aromatic carbocycles. The monoisotopic (exact) mass is 264 g/mol. The van der Waals surface area contributed by atoms with Crippen LogP contribution in [-0.2, 0) is 4.79 Å². The van der Waals surface area contributed by atoms with Gasteiger partial charge < -0.3 is 16.2 Å². The minimum absolute atomic E-state index is 0.367. The van der Waals surface area contributed by atoms with E-state index in [0.717, 1.165) is 5.56 Å². The molecular weight excluding hydrogens is 244 g/mol. The van der Waals surface area contributed by atoms with Crippen molar-refractivity contribution in [3.8, 4) is 0 Å². The van der Waals surface area contributed by atoms with Crippen LogP contribution < -0.4 is 11.1 Å². The second-order valence-electron chi connectivity index (χ2n) is 4.91. The lowest BCUT2D eigenvalue weighted by Gasteiger charge is -2.25. The molecule has 19 heavy (non-hydrogen) atoms. The molecule has 0 bridgehead atoms. The highest BCUT2D eigenvalue weighted by atomic mass is 16.4. The van der Waals surface area contributed by atoms with Gasteiger partial charge in [-0.3, -0.25) is 4.79 Å². The number of carboxylic acids is 1. The average Bonchev–Trinajstić information content (AvgIpc) is 2.32. The van der Waals surface area contributed by atoms with E-state index in [1.54, 1.807) is 18.2 Å². The molecule has 5 heteroatoms. The van der Waals surface area contributed by atoms with E-state index in [1.807, 2.05) is 13.8 Å². The minimum Gasteiger partial charge on any atom is -0.480 e. The minimum atomic E-state index is -1.26. The Hall–Kier alpha value is -2.04. The zero-order valence-corrected chi connectivity index (χ0v) is 11.5. The average molecular weight is 264 g/mol. The third-order valence-corrected chi connectivity index (χ3v) is 3.15. The zero-order chi connectivity index (χ0) is 14.6. The summed E-state index contributed by atoms with van der Waals surface area (Å²) in [6, 6.07) is 4.93. The van der Waals surface area contributed by atoms with Crippen LogP contribution in [0.15, 0.2) is 18.2 Å². The lowest BCUT2D eigenvalue weighted by Crippen LogP contribution is -2.52. The fraction of sp³-hybridized carbons (Fsp3) is 0.429. The summed E-state index contributed by atoms with van der Waals surface area (Å²) in [6.07, 6.45) is 1.04. The first kappa shape index (κ1) is 15.0. The van der Waals surface area contributed by atoms with Crippen molar-refractivity contribution in [2.75, 3.05) is 5.73 Å². The number of nitrogen functional groups attached to an aromatic ring is 1. The van der Waals surface area contributed by atoms with Crippen LogP contribution in [0.2, 0.25) is 0 Å². The number of carbonyl (C=O) groups excluding carboxylic acids is 1. The number of aliphatic carboxylic acids is 1. The van der Waals surface area contributed by atoms with Crippen LogP contribution in [0.4, 0.5) is 5.69 Å². The molecule has 0 aliphatic heterocycles. The third-order valence-electron chi connectivity index (χ3n) is 3.15. The number of hydrogen-bond acceptors (Lipinski definition) is 3. The van der Waals surface area contributed by atoms with Crippen LogP contribution in [0.5, 0.6) is 0 Å². The van der Waals surface area contributed by atoms with Crippen molar-refractivity contribution in [3.05, 3.63) is 29.3 Å². The predicted octanol–water partition coefficient (Wildman–Crippen LogP) is 1.95. The normalized spacial score (nSPS) is 13.6. The van der Waals surface area contributed by atoms with Crippen LogP contribution in [0, 0.1) is 6.92 Å². The number of benzene rings is 1. The van der Waals surface area contributed by atoms with Crippen LogP contribution in [0.1, 0.15) is 42.6 Å². The maximum atomic E-state index is 12.1. The Balaban J connectivity index is 2.94. The fourth-order valence-corrected chi connectivity index (χ4v) is 1.83. The van der Waals surface area contributed by atoms with Crippen molar-refractivity contribution in [3.63, 3.8) is 0 Å². The first-order valence-corrected chi connectivity index (χ1v) is 6.22. The Kier molecular flexibility index (Phi) is 4.53. The highest BCUT2D eigenvalue weighted by Crippen LogP contribution is 2.16. The van der Waals surface area contributed by atoms with Gasteiger partial charge in [0.25, 0.3) is 5.91 Å². The first-order valence-electron chi connectivity index (χ1n) is 6.22. The van der Waals surface area contributed by atoms with E-state index in [4.69, 9.17) is 5.73 Å². The van der Waals surface area contributed by atoms with Crippen LogP contribution in [0.25, 0.3) is 0 Å². The van der Waals surface area contributed by atoms with Gasteiger partial charge in [0.05, 0.1) is 0 Å². The SMILES string of the molecule is CCCC(C)(NC(=O)c1ccc(C)c(N)c1)C(=O)O. The van der Waals surface area contributed by atoms with Gasteiger partial charge in [-0.15, -0.1) is 0 Å². The molecule has 4 N–H and O–H groups in total. The summed E-state index contributed by atoms with van der Waals surface area (Å²) in [6.45, 7) is 5.22. The molecule has 1 amide bonds. The van der Waals surface area contributed by atoms with Gasteiger partial charge in [0, 0.05) is 11.3 Å². The Bertz CT molecular complexity index is 499. The Morgan fingerprint density at radius 1 is 1.42 bits per heavy atom. The molecule has 104 valence electrons. The molecule has 1 rings (SSSR count). The summed E-state index contributed by atoms with van der Waals surface area (Å²) >= 11 is 0. The number of carboxylic acid groups (broad SMARTS) is 1. The molecule has 5 nitrogen and oxygen atoms in total. The number of anilines is 1. The largest absolute Gasteiger partial charge is 0.480 e. The molecular formula is C14H20N2O3. The summed E-state index contributed by atoms with van der Waals surface area (Å²) in [7, 11) is 0. The molecule has 0 saturated carbocycles. The summed E-state index contributed by atoms with van der Waals surface area (Å²) < 4.78 is 0. The molecule has 0 fully saturated rings. The number of rotatable bonds is 5. The molecule has 0 radical (unpaired) electrons. The third kappa shape index (κ3) is 3.47. The van der Waals surface area contributed by atoms with Gasteiger partial charge in [-0.05, 0) is 38.0 Å². The maximum Gasteiger partial charge on any atom is 0.329 e. The number of nitrogens with one attached hydrogen (secondary N) is 1. The van der Waals surface area contributed by atoms with Crippen molar-refractivity contribution in [2.24, 2.45) is 0 Å². The summed E-state index contributed by atoms with van der Waals surface area (Å²) in [5.74, 6) is -1.46. The van der Waals surface area contributed by atoms with E-state index in [2.05, 4.69) is 5.32 Å². The zero-order valence-electron chi connectivity index (χ0n) is 11.5. The number of amides is 1. The maximum absolute atomic E-state index is 12.1. The van der Waals surface area contributed by atoms with Crippen LogP contribution in [0.3, 0.4) is 0 Å². The van der Waals surface area contributed by atoms with E-state index in [0.29, 0.717) is 24.1 Å². The van der Waals surface area contributed by atoms with Gasteiger partial charge in [0.2, 0.25) is 0 Å². The van der Waals surface area contributed by atoms with E-state index in [-0.39, 0.29) is 0 Å². The van der Waals surface area contributed by atoms with Crippen molar-refractivity contribution < 1.29 is 14.7 Å². The highest BCUT2D eigenvalue weighted by Gasteiger charge is 2.34. The van der Waals surface area contributed by atoms with Gasteiger partial charge in [0.1, 0.15) is 5.54 Å². The number of nitrogens with two attached hydrogens (primary N) is 1. The second kappa shape index (κ2) is 5.73. The van der Waals surface area contributed by atoms with Crippen molar-refractivity contribution >= 4 is 17.6 Å². The van der Waals surface area contributed by atoms with Gasteiger partial charge in [-0.25, -0.2) is 4.79 Å². The summed E-state index contributed by atoms with van der Waals surface area (Å²) in [4.78, 5) is 23.3. The molecule has 1 atom stereocenters. The van der Waals surface area contributed by atoms with Gasteiger partial charge in [0.15, 0.2) is 0 Å². The lowest BCUT2D eigenvalue weighted by molar-refractivity contribution is -0.144. The molecule has 1 aromatic rings. The topological polar surface area (TPSA) is 92.4 Å². The number of carbonyl (C=O) groups is 2. The smallest absolute Gasteiger partial charge is 0.329 e. The van der Waals surface area contributed by atoms with Crippen LogP contribution >= 0.6 is 0 Å². The molecule has 0 aliphatic carbocycles. The molecule has 0 aromatic heterocycles. The van der Waals surface area contributed by atoms with E-state index in [9.17, 15) is 14.7 Å². The summed E-state index contributed by atoms with van der Waals surface area (Å²) in [5, 5.41) is 11.8. The number of hydrogen-bond donors (Lipinski definition) is 3. The number of aryl methyl sites for hydroxylation is 1. The molecule has 0 heterocycles. The van der Waals surface area contributed by atoms with E-state index < -0.39 is 17.4 Å². The first-order chi connectivity index (χ1) is 8.80. The molecule has 0 aliphatic rings. The molecule has 0 saturated heterocycles. The van der Waals surface area contributed by atoms with Crippen molar-refractivity contribution in [1.29, 1.82) is 0 Å². The second-order valence-corrected chi connectivity index (χ2v) is 4.91. The Morgan fingerprint density at radius 2 is 2.05 bits per heavy atom. The van der Waals surface area contributed by atoms with Gasteiger partial charge >= 0.3 is 5.97 Å². The Morgan fingerprint density at radius 3 is 2.53 bits per heavy atom. The quantitative estimate of drug-likeness (QED) is 0.709. The Labute approximate surface area is 112 Å². The molecule has 0 spiro atoms. The van der Waals surface area contributed by atoms with Crippen molar-refractivity contribution in [2.45, 2.75) is 39.2 Å². The van der Waals surface area contributed by atoms with Crippen molar-refractivity contribution in [1.82, 2.24) is 5.32 Å². The lowest BCUT2D eigenvalue weighted by atomic mass is 9.95. The van der Waals surface area contributed by atoms with Crippen LogP contribution in [-0.4, -0.2) is 22.5 Å². The predicted molar refractivity (Wildman–Crippen MR) is 74.0 cm³/mol. The summed E-state index contributed by atoms with van der Waals surface area (Å²) in [5.41, 5.74) is 6.25. The fourth-order valence-electron chi connectivity index (χ4n) is 1.83. The van der Waals surface area contributed by atoms with E-state index >= 15 is 0 Å². The molecule has 1 unspecified atom stereocenters. The standard InChI is InChI=1S/C14H20N2O3/c1-4-7-14(3,13(18)19)16-12(17)10-6-5-9(2)11(15)8-10/h5-6,8H,4,7,15H2,1-3H3,(H,16,17)(H,18,19). The van der Waals surface area contributed by atoms with Gasteiger partial charge in [-0.1, -0.05) is 19.4 Å². The van der Waals surface area contributed by atoms with Gasteiger partial charge in [-0.2, -0.15) is 0 Å². The highest BCUT2D eigenvalue weighted by molar-refractivity contribution is 5.98. The van der Waals surface area contributed by atoms with E-state index in [1.165, 1.54) is 6.92 Å².